The van der Waals surface area contributed by atoms with E-state index < -0.39 is 29.5 Å². The number of carbonyl (C=O) groups excluding carboxylic acids is 3. The van der Waals surface area contributed by atoms with Crippen molar-refractivity contribution in [3.63, 3.8) is 0 Å². The van der Waals surface area contributed by atoms with Crippen LogP contribution in [0.3, 0.4) is 0 Å². The van der Waals surface area contributed by atoms with Gasteiger partial charge in [-0.25, -0.2) is 9.78 Å². The van der Waals surface area contributed by atoms with E-state index in [4.69, 9.17) is 23.7 Å². The van der Waals surface area contributed by atoms with Crippen LogP contribution >= 0.6 is 11.3 Å². The van der Waals surface area contributed by atoms with Gasteiger partial charge in [0.1, 0.15) is 23.0 Å². The molecular formula is C35H34N2O9S. The summed E-state index contributed by atoms with van der Waals surface area (Å²) in [5.41, 5.74) is 2.51. The van der Waals surface area contributed by atoms with Gasteiger partial charge in [-0.15, -0.1) is 0 Å². The lowest BCUT2D eigenvalue weighted by atomic mass is 9.94. The van der Waals surface area contributed by atoms with Gasteiger partial charge < -0.3 is 28.8 Å². The molecule has 244 valence electrons. The summed E-state index contributed by atoms with van der Waals surface area (Å²) in [5.74, 6) is -1.44. The Kier molecular flexibility index (Phi) is 9.80. The quantitative estimate of drug-likeness (QED) is 0.0864. The van der Waals surface area contributed by atoms with Crippen LogP contribution in [-0.4, -0.2) is 55.7 Å². The number of methoxy groups -OCH3 is 3. The Morgan fingerprint density at radius 3 is 2.21 bits per heavy atom. The molecule has 12 heteroatoms. The third-order valence-corrected chi connectivity index (χ3v) is 8.72. The molecule has 1 aliphatic rings. The molecule has 11 nitrogen and oxygen atoms in total. The molecule has 0 aliphatic carbocycles. The van der Waals surface area contributed by atoms with Crippen LogP contribution in [0.5, 0.6) is 23.0 Å². The number of nitrogens with zero attached hydrogens (tertiary/aromatic N) is 2. The molecule has 1 atom stereocenters. The number of carbonyl (C=O) groups is 3. The number of hydrogen-bond donors (Lipinski definition) is 1. The second-order valence-electron chi connectivity index (χ2n) is 10.5. The number of aliphatic hydroxyl groups is 1. The van der Waals surface area contributed by atoms with Crippen LogP contribution in [0, 0.1) is 13.8 Å². The fourth-order valence-corrected chi connectivity index (χ4v) is 6.31. The molecule has 1 N–H and O–H groups in total. The summed E-state index contributed by atoms with van der Waals surface area (Å²) in [5, 5.41) is 11.8. The van der Waals surface area contributed by atoms with Gasteiger partial charge in [0.15, 0.2) is 16.6 Å². The fourth-order valence-electron chi connectivity index (χ4n) is 5.33. The summed E-state index contributed by atoms with van der Waals surface area (Å²) >= 11 is 0.913. The number of hydrogen-bond acceptors (Lipinski definition) is 11. The van der Waals surface area contributed by atoms with Gasteiger partial charge in [-0.2, -0.15) is 0 Å². The predicted octanol–water partition coefficient (Wildman–Crippen LogP) is 6.17. The summed E-state index contributed by atoms with van der Waals surface area (Å²) in [7, 11) is 4.34. The Balaban J connectivity index is 1.65. The zero-order valence-corrected chi connectivity index (χ0v) is 27.6. The lowest BCUT2D eigenvalue weighted by molar-refractivity contribution is -0.132. The van der Waals surface area contributed by atoms with Gasteiger partial charge in [0.05, 0.1) is 45.2 Å². The first-order valence-electron chi connectivity index (χ1n) is 14.7. The van der Waals surface area contributed by atoms with Crippen molar-refractivity contribution in [3.8, 4) is 23.0 Å². The Morgan fingerprint density at radius 1 is 0.936 bits per heavy atom. The topological polar surface area (TPSA) is 134 Å². The molecule has 5 rings (SSSR count). The molecule has 0 bridgehead atoms. The Labute approximate surface area is 275 Å². The fraction of sp³-hybridized carbons (Fsp3) is 0.257. The average Bonchev–Trinajstić information content (AvgIpc) is 3.59. The summed E-state index contributed by atoms with van der Waals surface area (Å²) in [6.45, 7) is 5.61. The molecule has 2 heterocycles. The highest BCUT2D eigenvalue weighted by Gasteiger charge is 2.49. The van der Waals surface area contributed by atoms with E-state index in [9.17, 15) is 19.5 Å². The Hall–Kier alpha value is -5.36. The zero-order chi connectivity index (χ0) is 33.8. The summed E-state index contributed by atoms with van der Waals surface area (Å²) in [6.07, 6.45) is 0. The minimum absolute atomic E-state index is 0.0753. The van der Waals surface area contributed by atoms with Crippen molar-refractivity contribution in [3.05, 3.63) is 99.1 Å². The van der Waals surface area contributed by atoms with E-state index in [0.29, 0.717) is 40.5 Å². The Morgan fingerprint density at radius 2 is 1.62 bits per heavy atom. The zero-order valence-electron chi connectivity index (χ0n) is 26.8. The number of ether oxygens (including phenoxy) is 5. The molecule has 3 aromatic carbocycles. The van der Waals surface area contributed by atoms with Crippen molar-refractivity contribution in [1.82, 2.24) is 4.98 Å². The third-order valence-electron chi connectivity index (χ3n) is 7.58. The van der Waals surface area contributed by atoms with E-state index in [1.54, 1.807) is 44.2 Å². The second-order valence-corrected chi connectivity index (χ2v) is 11.5. The molecule has 1 saturated heterocycles. The van der Waals surface area contributed by atoms with Crippen molar-refractivity contribution in [2.45, 2.75) is 33.4 Å². The van der Waals surface area contributed by atoms with Gasteiger partial charge in [-0.1, -0.05) is 41.7 Å². The van der Waals surface area contributed by atoms with Gasteiger partial charge in [-0.05, 0) is 67.8 Å². The van der Waals surface area contributed by atoms with Crippen molar-refractivity contribution in [2.24, 2.45) is 0 Å². The minimum atomic E-state index is -1.18. The van der Waals surface area contributed by atoms with Crippen LogP contribution in [0.25, 0.3) is 5.76 Å². The molecule has 1 aromatic heterocycles. The number of aromatic nitrogens is 1. The largest absolute Gasteiger partial charge is 0.507 e. The molecule has 47 heavy (non-hydrogen) atoms. The number of Topliss-reactive ketones (excluding diaryl/α,β-unsaturated/α-hetero) is 1. The first kappa shape index (κ1) is 33.0. The SMILES string of the molecule is CCOC(=O)c1sc(N2C(=O)C(=O)/C(=C(/O)c3ccc(OCc4ccccc4)c(C)c3)[C@@H]2c2cc(OC)c(OC)c(OC)c2)nc1C. The highest BCUT2D eigenvalue weighted by atomic mass is 32.1. The normalized spacial score (nSPS) is 15.4. The summed E-state index contributed by atoms with van der Waals surface area (Å²) in [6, 6.07) is 16.7. The van der Waals surface area contributed by atoms with Gasteiger partial charge in [0.2, 0.25) is 5.75 Å². The number of anilines is 1. The lowest BCUT2D eigenvalue weighted by Crippen LogP contribution is -2.29. The van der Waals surface area contributed by atoms with Gasteiger partial charge in [-0.3, -0.25) is 14.5 Å². The van der Waals surface area contributed by atoms with Gasteiger partial charge >= 0.3 is 11.9 Å². The lowest BCUT2D eigenvalue weighted by Gasteiger charge is -2.24. The summed E-state index contributed by atoms with van der Waals surface area (Å²) < 4.78 is 27.8. The number of aryl methyl sites for hydroxylation is 2. The number of aliphatic hydroxyl groups excluding tert-OH is 1. The van der Waals surface area contributed by atoms with Crippen molar-refractivity contribution < 1.29 is 43.2 Å². The number of amides is 1. The van der Waals surface area contributed by atoms with Crippen LogP contribution in [0.15, 0.2) is 66.2 Å². The van der Waals surface area contributed by atoms with Gasteiger partial charge in [0, 0.05) is 5.56 Å². The van der Waals surface area contributed by atoms with E-state index in [-0.39, 0.29) is 33.7 Å². The third kappa shape index (κ3) is 6.36. The Bertz CT molecular complexity index is 1840. The van der Waals surface area contributed by atoms with E-state index in [1.807, 2.05) is 37.3 Å². The minimum Gasteiger partial charge on any atom is -0.507 e. The van der Waals surface area contributed by atoms with Crippen LogP contribution in [-0.2, 0) is 20.9 Å². The molecular weight excluding hydrogens is 624 g/mol. The molecule has 0 spiro atoms. The molecule has 1 aliphatic heterocycles. The molecule has 4 aromatic rings. The standard InChI is InChI=1S/C35H34N2O9S/c1-7-45-34(41)32-20(3)36-35(47-32)37-28(23-16-25(42-4)31(44-6)26(17-23)43-5)27(30(39)33(37)40)29(38)22-13-14-24(19(2)15-22)46-18-21-11-9-8-10-12-21/h8-17,28,38H,7,18H2,1-6H3/b29-27+/t28-/m0/s1. The number of rotatable bonds is 11. The molecule has 1 amide bonds. The smallest absolute Gasteiger partial charge is 0.350 e. The van der Waals surface area contributed by atoms with Crippen LogP contribution in [0.2, 0.25) is 0 Å². The average molecular weight is 659 g/mol. The van der Waals surface area contributed by atoms with Crippen LogP contribution < -0.4 is 23.8 Å². The van der Waals surface area contributed by atoms with E-state index >= 15 is 0 Å². The first-order valence-corrected chi connectivity index (χ1v) is 15.5. The number of ketones is 1. The maximum atomic E-state index is 13.8. The van der Waals surface area contributed by atoms with Crippen molar-refractivity contribution >= 4 is 39.9 Å². The molecule has 0 saturated carbocycles. The highest BCUT2D eigenvalue weighted by Crippen LogP contribution is 2.48. The molecule has 1 fully saturated rings. The second kappa shape index (κ2) is 14.0. The van der Waals surface area contributed by atoms with Crippen molar-refractivity contribution in [1.29, 1.82) is 0 Å². The maximum absolute atomic E-state index is 13.8. The monoisotopic (exact) mass is 658 g/mol. The van der Waals surface area contributed by atoms with E-state index in [0.717, 1.165) is 16.9 Å². The summed E-state index contributed by atoms with van der Waals surface area (Å²) in [4.78, 5) is 46.1. The molecule has 0 radical (unpaired) electrons. The molecule has 0 unspecified atom stereocenters. The first-order chi connectivity index (χ1) is 22.6. The number of thiazole rings is 1. The maximum Gasteiger partial charge on any atom is 0.350 e. The van der Waals surface area contributed by atoms with Gasteiger partial charge in [0.25, 0.3) is 5.78 Å². The van der Waals surface area contributed by atoms with E-state index in [2.05, 4.69) is 4.98 Å². The number of esters is 1. The predicted molar refractivity (Wildman–Crippen MR) is 176 cm³/mol. The van der Waals surface area contributed by atoms with Crippen LogP contribution in [0.4, 0.5) is 5.13 Å². The number of benzene rings is 3. The van der Waals surface area contributed by atoms with Crippen LogP contribution in [0.1, 0.15) is 50.6 Å². The highest BCUT2D eigenvalue weighted by molar-refractivity contribution is 7.17. The van der Waals surface area contributed by atoms with Crippen molar-refractivity contribution in [2.75, 3.05) is 32.8 Å². The van der Waals surface area contributed by atoms with E-state index in [1.165, 1.54) is 26.2 Å².